The summed E-state index contributed by atoms with van der Waals surface area (Å²) in [5.74, 6) is 0.632. The molecule has 0 unspecified atom stereocenters. The fraction of sp³-hybridized carbons (Fsp3) is 0.111. The van der Waals surface area contributed by atoms with Gasteiger partial charge in [-0.1, -0.05) is 18.2 Å². The molecule has 0 aliphatic rings. The van der Waals surface area contributed by atoms with Crippen molar-refractivity contribution in [3.8, 4) is 5.75 Å². The lowest BCUT2D eigenvalue weighted by atomic mass is 10.1. The molecule has 2 heterocycles. The van der Waals surface area contributed by atoms with E-state index in [1.807, 2.05) is 12.1 Å². The second-order valence-corrected chi connectivity index (χ2v) is 6.18. The van der Waals surface area contributed by atoms with Gasteiger partial charge in [-0.3, -0.25) is 9.78 Å². The van der Waals surface area contributed by atoms with Crippen LogP contribution in [0.15, 0.2) is 70.0 Å². The van der Waals surface area contributed by atoms with E-state index in [1.54, 1.807) is 47.7 Å². The molecule has 122 valence electrons. The van der Waals surface area contributed by atoms with E-state index < -0.39 is 0 Å². The zero-order valence-electron chi connectivity index (χ0n) is 12.7. The lowest BCUT2D eigenvalue weighted by molar-refractivity contribution is 0.0716. The van der Waals surface area contributed by atoms with Crippen LogP contribution in [0.1, 0.15) is 21.7 Å². The first-order chi connectivity index (χ1) is 11.6. The molecule has 0 spiro atoms. The monoisotopic (exact) mass is 386 g/mol. The number of carbonyl (C=O) groups excluding carboxylic acids is 1. The Hall–Kier alpha value is -2.60. The molecule has 1 amide bonds. The first-order valence-corrected chi connectivity index (χ1v) is 8.12. The van der Waals surface area contributed by atoms with Crippen molar-refractivity contribution < 1.29 is 14.3 Å². The van der Waals surface area contributed by atoms with Gasteiger partial charge in [0.2, 0.25) is 0 Å². The number of phenolic OH excluding ortho intramolecular Hbond substituents is 1. The molecular formula is C18H15BrN2O3. The first-order valence-electron chi connectivity index (χ1n) is 7.32. The van der Waals surface area contributed by atoms with Crippen LogP contribution in [0.3, 0.4) is 0 Å². The van der Waals surface area contributed by atoms with Gasteiger partial charge in [-0.2, -0.15) is 0 Å². The summed E-state index contributed by atoms with van der Waals surface area (Å²) in [4.78, 5) is 18.5. The summed E-state index contributed by atoms with van der Waals surface area (Å²) in [5, 5.41) is 10.0. The number of hydrogen-bond acceptors (Lipinski definition) is 4. The molecule has 1 aromatic carbocycles. The molecule has 3 aromatic rings. The van der Waals surface area contributed by atoms with Crippen molar-refractivity contribution in [3.05, 3.63) is 82.5 Å². The van der Waals surface area contributed by atoms with Crippen molar-refractivity contribution in [3.63, 3.8) is 0 Å². The van der Waals surface area contributed by atoms with E-state index in [0.717, 1.165) is 4.47 Å². The number of aromatic hydroxyl groups is 1. The maximum atomic E-state index is 12.9. The lowest BCUT2D eigenvalue weighted by Gasteiger charge is -2.22. The quantitative estimate of drug-likeness (QED) is 0.719. The van der Waals surface area contributed by atoms with Crippen molar-refractivity contribution in [2.75, 3.05) is 0 Å². The number of nitrogens with zero attached hydrogens (tertiary/aromatic N) is 2. The van der Waals surface area contributed by atoms with Crippen LogP contribution in [-0.2, 0) is 13.1 Å². The Kier molecular flexibility index (Phi) is 4.96. The third-order valence-corrected chi connectivity index (χ3v) is 3.95. The number of carbonyl (C=O) groups is 1. The van der Waals surface area contributed by atoms with Gasteiger partial charge < -0.3 is 14.4 Å². The van der Waals surface area contributed by atoms with Crippen LogP contribution in [0.2, 0.25) is 0 Å². The third kappa shape index (κ3) is 3.83. The van der Waals surface area contributed by atoms with Crippen molar-refractivity contribution in [2.45, 2.75) is 13.1 Å². The van der Waals surface area contributed by atoms with Crippen LogP contribution in [0.25, 0.3) is 0 Å². The molecule has 0 saturated carbocycles. The number of para-hydroxylation sites is 1. The van der Waals surface area contributed by atoms with Crippen molar-refractivity contribution in [2.24, 2.45) is 0 Å². The second-order valence-electron chi connectivity index (χ2n) is 5.26. The molecule has 0 radical (unpaired) electrons. The topological polar surface area (TPSA) is 66.6 Å². The van der Waals surface area contributed by atoms with Crippen LogP contribution in [0.4, 0.5) is 0 Å². The van der Waals surface area contributed by atoms with Gasteiger partial charge in [-0.15, -0.1) is 0 Å². The molecule has 5 nitrogen and oxygen atoms in total. The highest BCUT2D eigenvalue weighted by Gasteiger charge is 2.19. The first kappa shape index (κ1) is 16.3. The highest BCUT2D eigenvalue weighted by Crippen LogP contribution is 2.21. The van der Waals surface area contributed by atoms with Gasteiger partial charge in [-0.25, -0.2) is 0 Å². The highest BCUT2D eigenvalue weighted by atomic mass is 79.9. The Labute approximate surface area is 147 Å². The minimum atomic E-state index is -0.191. The Balaban J connectivity index is 1.89. The van der Waals surface area contributed by atoms with E-state index in [-0.39, 0.29) is 18.2 Å². The number of hydrogen-bond donors (Lipinski definition) is 1. The van der Waals surface area contributed by atoms with Crippen LogP contribution < -0.4 is 0 Å². The highest BCUT2D eigenvalue weighted by molar-refractivity contribution is 9.10. The van der Waals surface area contributed by atoms with E-state index >= 15 is 0 Å². The van der Waals surface area contributed by atoms with Gasteiger partial charge in [0, 0.05) is 22.4 Å². The van der Waals surface area contributed by atoms with Gasteiger partial charge in [-0.05, 0) is 40.2 Å². The molecule has 0 fully saturated rings. The molecule has 24 heavy (non-hydrogen) atoms. The lowest BCUT2D eigenvalue weighted by Crippen LogP contribution is -2.30. The van der Waals surface area contributed by atoms with E-state index in [4.69, 9.17) is 4.42 Å². The van der Waals surface area contributed by atoms with E-state index in [9.17, 15) is 9.90 Å². The van der Waals surface area contributed by atoms with Crippen LogP contribution >= 0.6 is 15.9 Å². The van der Waals surface area contributed by atoms with Crippen molar-refractivity contribution >= 4 is 21.8 Å². The van der Waals surface area contributed by atoms with Gasteiger partial charge in [0.1, 0.15) is 11.5 Å². The van der Waals surface area contributed by atoms with Crippen molar-refractivity contribution in [1.82, 2.24) is 9.88 Å². The molecule has 1 N–H and O–H groups in total. The fourth-order valence-corrected chi connectivity index (χ4v) is 2.72. The summed E-state index contributed by atoms with van der Waals surface area (Å²) < 4.78 is 6.09. The average molecular weight is 387 g/mol. The SMILES string of the molecule is O=C(c1cncc(Br)c1)N(Cc1ccco1)Cc1ccccc1O. The molecule has 2 aromatic heterocycles. The Bertz CT molecular complexity index is 834. The number of benzene rings is 1. The summed E-state index contributed by atoms with van der Waals surface area (Å²) in [7, 11) is 0. The summed E-state index contributed by atoms with van der Waals surface area (Å²) in [6.07, 6.45) is 4.71. The van der Waals surface area contributed by atoms with Crippen molar-refractivity contribution in [1.29, 1.82) is 0 Å². The molecule has 3 rings (SSSR count). The van der Waals surface area contributed by atoms with Gasteiger partial charge in [0.25, 0.3) is 5.91 Å². The average Bonchev–Trinajstić information content (AvgIpc) is 3.08. The maximum Gasteiger partial charge on any atom is 0.256 e. The van der Waals surface area contributed by atoms with E-state index in [1.165, 1.54) is 6.20 Å². The summed E-state index contributed by atoms with van der Waals surface area (Å²) in [5.41, 5.74) is 1.13. The maximum absolute atomic E-state index is 12.9. The standard InChI is InChI=1S/C18H15BrN2O3/c19-15-8-14(9-20-10-15)18(23)21(12-16-5-3-7-24-16)11-13-4-1-2-6-17(13)22/h1-10,22H,11-12H2. The number of aromatic nitrogens is 1. The summed E-state index contributed by atoms with van der Waals surface area (Å²) in [6, 6.07) is 12.3. The number of pyridine rings is 1. The Morgan fingerprint density at radius 2 is 2.00 bits per heavy atom. The van der Waals surface area contributed by atoms with Crippen LogP contribution in [0, 0.1) is 0 Å². The number of halogens is 1. The molecule has 0 atom stereocenters. The molecule has 0 aliphatic heterocycles. The second kappa shape index (κ2) is 7.31. The van der Waals surface area contributed by atoms with E-state index in [0.29, 0.717) is 23.4 Å². The smallest absolute Gasteiger partial charge is 0.256 e. The Morgan fingerprint density at radius 3 is 2.71 bits per heavy atom. The molecule has 6 heteroatoms. The zero-order valence-corrected chi connectivity index (χ0v) is 14.3. The molecule has 0 bridgehead atoms. The minimum Gasteiger partial charge on any atom is -0.508 e. The van der Waals surface area contributed by atoms with Gasteiger partial charge in [0.05, 0.1) is 24.9 Å². The van der Waals surface area contributed by atoms with Gasteiger partial charge in [0.15, 0.2) is 0 Å². The fourth-order valence-electron chi connectivity index (χ4n) is 2.35. The zero-order chi connectivity index (χ0) is 16.9. The predicted molar refractivity (Wildman–Crippen MR) is 92.3 cm³/mol. The minimum absolute atomic E-state index is 0.155. The third-order valence-electron chi connectivity index (χ3n) is 3.52. The summed E-state index contributed by atoms with van der Waals surface area (Å²) in [6.45, 7) is 0.561. The molecular weight excluding hydrogens is 372 g/mol. The Morgan fingerprint density at radius 1 is 1.17 bits per heavy atom. The number of rotatable bonds is 5. The molecule has 0 saturated heterocycles. The number of furan rings is 1. The number of phenols is 1. The normalized spacial score (nSPS) is 10.5. The van der Waals surface area contributed by atoms with E-state index in [2.05, 4.69) is 20.9 Å². The van der Waals surface area contributed by atoms with Crippen LogP contribution in [-0.4, -0.2) is 20.9 Å². The molecule has 0 aliphatic carbocycles. The largest absolute Gasteiger partial charge is 0.508 e. The van der Waals surface area contributed by atoms with Crippen LogP contribution in [0.5, 0.6) is 5.75 Å². The number of amides is 1. The van der Waals surface area contributed by atoms with Gasteiger partial charge >= 0.3 is 0 Å². The predicted octanol–water partition coefficient (Wildman–Crippen LogP) is 3.99. The summed E-state index contributed by atoms with van der Waals surface area (Å²) >= 11 is 3.33.